The molecule has 104 valence electrons. The Kier molecular flexibility index (Phi) is 5.66. The van der Waals surface area contributed by atoms with E-state index >= 15 is 0 Å². The average Bonchev–Trinajstić information content (AvgIpc) is 2.39. The highest BCUT2D eigenvalue weighted by Crippen LogP contribution is 2.22. The quantitative estimate of drug-likeness (QED) is 0.591. The molecule has 0 aliphatic rings. The molecule has 0 spiro atoms. The van der Waals surface area contributed by atoms with E-state index in [1.54, 1.807) is 19.1 Å². The minimum atomic E-state index is -0.596. The van der Waals surface area contributed by atoms with Gasteiger partial charge in [0, 0.05) is 6.54 Å². The summed E-state index contributed by atoms with van der Waals surface area (Å²) in [6.07, 6.45) is 0. The van der Waals surface area contributed by atoms with E-state index in [0.29, 0.717) is 24.6 Å². The molecule has 1 aromatic carbocycles. The number of hydrogen-bond acceptors (Lipinski definition) is 5. The molecule has 0 heterocycles. The van der Waals surface area contributed by atoms with E-state index in [-0.39, 0.29) is 18.1 Å². The molecular formula is C13H18N2O4. The first kappa shape index (κ1) is 14.8. The Bertz CT molecular complexity index is 460. The largest absolute Gasteiger partial charge is 0.492 e. The van der Waals surface area contributed by atoms with Crippen molar-refractivity contribution in [3.8, 4) is 5.75 Å². The van der Waals surface area contributed by atoms with Gasteiger partial charge in [-0.2, -0.15) is 0 Å². The number of nitrogens with one attached hydrogen (secondary N) is 1. The Hall–Kier alpha value is -2.24. The van der Waals surface area contributed by atoms with Gasteiger partial charge in [-0.25, -0.2) is 4.79 Å². The van der Waals surface area contributed by atoms with Gasteiger partial charge in [0.2, 0.25) is 0 Å². The van der Waals surface area contributed by atoms with Crippen LogP contribution in [-0.4, -0.2) is 31.6 Å². The third-order valence-electron chi connectivity index (χ3n) is 2.25. The zero-order chi connectivity index (χ0) is 14.3. The Balaban J connectivity index is 2.62. The smallest absolute Gasteiger partial charge is 0.338 e. The maximum atomic E-state index is 11.7. The summed E-state index contributed by atoms with van der Waals surface area (Å²) in [4.78, 5) is 22.8. The lowest BCUT2D eigenvalue weighted by atomic mass is 10.2. The van der Waals surface area contributed by atoms with E-state index in [1.807, 2.05) is 6.92 Å². The minimum Gasteiger partial charge on any atom is -0.492 e. The average molecular weight is 266 g/mol. The highest BCUT2D eigenvalue weighted by molar-refractivity contribution is 5.92. The van der Waals surface area contributed by atoms with Gasteiger partial charge in [-0.3, -0.25) is 4.79 Å². The van der Waals surface area contributed by atoms with Gasteiger partial charge in [-0.15, -0.1) is 0 Å². The van der Waals surface area contributed by atoms with Gasteiger partial charge in [-0.1, -0.05) is 0 Å². The second-order valence-corrected chi connectivity index (χ2v) is 3.72. The SMILES string of the molecule is CCNC(=O)COC(=O)c1ccc(OCC)c(N)c1. The fourth-order valence-corrected chi connectivity index (χ4v) is 1.43. The zero-order valence-corrected chi connectivity index (χ0v) is 11.1. The summed E-state index contributed by atoms with van der Waals surface area (Å²) in [7, 11) is 0. The van der Waals surface area contributed by atoms with Crippen LogP contribution in [-0.2, 0) is 9.53 Å². The van der Waals surface area contributed by atoms with E-state index in [1.165, 1.54) is 6.07 Å². The van der Waals surface area contributed by atoms with Crippen LogP contribution in [0.5, 0.6) is 5.75 Å². The summed E-state index contributed by atoms with van der Waals surface area (Å²) >= 11 is 0. The Morgan fingerprint density at radius 1 is 1.32 bits per heavy atom. The van der Waals surface area contributed by atoms with E-state index in [2.05, 4.69) is 5.32 Å². The topological polar surface area (TPSA) is 90.6 Å². The van der Waals surface area contributed by atoms with Gasteiger partial charge in [-0.05, 0) is 32.0 Å². The van der Waals surface area contributed by atoms with E-state index < -0.39 is 5.97 Å². The number of hydrogen-bond donors (Lipinski definition) is 2. The summed E-state index contributed by atoms with van der Waals surface area (Å²) in [5.41, 5.74) is 6.38. The number of ether oxygens (including phenoxy) is 2. The molecule has 1 amide bonds. The van der Waals surface area contributed by atoms with Crippen molar-refractivity contribution in [2.24, 2.45) is 0 Å². The molecule has 6 heteroatoms. The van der Waals surface area contributed by atoms with Crippen molar-refractivity contribution in [2.75, 3.05) is 25.5 Å². The second kappa shape index (κ2) is 7.25. The number of benzene rings is 1. The zero-order valence-electron chi connectivity index (χ0n) is 11.1. The monoisotopic (exact) mass is 266 g/mol. The molecule has 0 radical (unpaired) electrons. The molecule has 0 bridgehead atoms. The first-order valence-electron chi connectivity index (χ1n) is 6.04. The number of rotatable bonds is 6. The van der Waals surface area contributed by atoms with Crippen molar-refractivity contribution in [1.29, 1.82) is 0 Å². The van der Waals surface area contributed by atoms with Crippen LogP contribution in [0.15, 0.2) is 18.2 Å². The normalized spacial score (nSPS) is 9.79. The summed E-state index contributed by atoms with van der Waals surface area (Å²) < 4.78 is 10.1. The number of carbonyl (C=O) groups excluding carboxylic acids is 2. The molecule has 3 N–H and O–H groups in total. The van der Waals surface area contributed by atoms with Gasteiger partial charge in [0.1, 0.15) is 5.75 Å². The van der Waals surface area contributed by atoms with E-state index in [9.17, 15) is 9.59 Å². The highest BCUT2D eigenvalue weighted by Gasteiger charge is 2.11. The van der Waals surface area contributed by atoms with Crippen molar-refractivity contribution in [2.45, 2.75) is 13.8 Å². The molecule has 0 aliphatic carbocycles. The van der Waals surface area contributed by atoms with Crippen molar-refractivity contribution < 1.29 is 19.1 Å². The van der Waals surface area contributed by atoms with Crippen LogP contribution in [0.2, 0.25) is 0 Å². The van der Waals surface area contributed by atoms with Crippen LogP contribution >= 0.6 is 0 Å². The Morgan fingerprint density at radius 2 is 2.05 bits per heavy atom. The van der Waals surface area contributed by atoms with Crippen LogP contribution in [0.4, 0.5) is 5.69 Å². The number of esters is 1. The fourth-order valence-electron chi connectivity index (χ4n) is 1.43. The maximum Gasteiger partial charge on any atom is 0.338 e. The Morgan fingerprint density at radius 3 is 2.63 bits per heavy atom. The summed E-state index contributed by atoms with van der Waals surface area (Å²) in [6.45, 7) is 4.30. The van der Waals surface area contributed by atoms with Gasteiger partial charge >= 0.3 is 5.97 Å². The number of carbonyl (C=O) groups is 2. The molecule has 6 nitrogen and oxygen atoms in total. The molecule has 0 fully saturated rings. The summed E-state index contributed by atoms with van der Waals surface area (Å²) in [5.74, 6) is -0.418. The third kappa shape index (κ3) is 4.50. The standard InChI is InChI=1S/C13H18N2O4/c1-3-15-12(16)8-19-13(17)9-5-6-11(18-4-2)10(14)7-9/h5-7H,3-4,8,14H2,1-2H3,(H,15,16). The van der Waals surface area contributed by atoms with Crippen molar-refractivity contribution in [3.05, 3.63) is 23.8 Å². The molecule has 0 saturated carbocycles. The van der Waals surface area contributed by atoms with Crippen molar-refractivity contribution in [3.63, 3.8) is 0 Å². The molecule has 0 unspecified atom stereocenters. The predicted octanol–water partition coefficient (Wildman–Crippen LogP) is 0.960. The van der Waals surface area contributed by atoms with Crippen LogP contribution in [0.25, 0.3) is 0 Å². The lowest BCUT2D eigenvalue weighted by molar-refractivity contribution is -0.124. The Labute approximate surface area is 111 Å². The number of anilines is 1. The number of likely N-dealkylation sites (N-methyl/N-ethyl adjacent to an activating group) is 1. The number of amides is 1. The van der Waals surface area contributed by atoms with Crippen LogP contribution in [0.3, 0.4) is 0 Å². The van der Waals surface area contributed by atoms with Crippen LogP contribution in [0, 0.1) is 0 Å². The molecule has 0 atom stereocenters. The minimum absolute atomic E-state index is 0.283. The molecule has 1 rings (SSSR count). The van der Waals surface area contributed by atoms with Crippen LogP contribution < -0.4 is 15.8 Å². The number of nitrogen functional groups attached to an aromatic ring is 1. The molecule has 0 aliphatic heterocycles. The highest BCUT2D eigenvalue weighted by atomic mass is 16.5. The summed E-state index contributed by atoms with van der Waals surface area (Å²) in [6, 6.07) is 4.61. The molecule has 0 aromatic heterocycles. The number of nitrogens with two attached hydrogens (primary N) is 1. The van der Waals surface area contributed by atoms with Crippen LogP contribution in [0.1, 0.15) is 24.2 Å². The molecule has 1 aromatic rings. The van der Waals surface area contributed by atoms with Gasteiger partial charge in [0.05, 0.1) is 17.9 Å². The lowest BCUT2D eigenvalue weighted by Crippen LogP contribution is -2.28. The van der Waals surface area contributed by atoms with E-state index in [4.69, 9.17) is 15.2 Å². The second-order valence-electron chi connectivity index (χ2n) is 3.72. The maximum absolute atomic E-state index is 11.7. The third-order valence-corrected chi connectivity index (χ3v) is 2.25. The molecular weight excluding hydrogens is 248 g/mol. The molecule has 19 heavy (non-hydrogen) atoms. The lowest BCUT2D eigenvalue weighted by Gasteiger charge is -2.09. The first-order chi connectivity index (χ1) is 9.08. The molecule has 0 saturated heterocycles. The van der Waals surface area contributed by atoms with Crippen molar-refractivity contribution >= 4 is 17.6 Å². The summed E-state index contributed by atoms with van der Waals surface area (Å²) in [5, 5.41) is 2.53. The first-order valence-corrected chi connectivity index (χ1v) is 6.04. The van der Waals surface area contributed by atoms with Gasteiger partial charge < -0.3 is 20.5 Å². The van der Waals surface area contributed by atoms with Gasteiger partial charge in [0.15, 0.2) is 6.61 Å². The van der Waals surface area contributed by atoms with Gasteiger partial charge in [0.25, 0.3) is 5.91 Å². The van der Waals surface area contributed by atoms with Crippen molar-refractivity contribution in [1.82, 2.24) is 5.32 Å². The fraction of sp³-hybridized carbons (Fsp3) is 0.385. The predicted molar refractivity (Wildman–Crippen MR) is 71.0 cm³/mol. The van der Waals surface area contributed by atoms with E-state index in [0.717, 1.165) is 0 Å².